The summed E-state index contributed by atoms with van der Waals surface area (Å²) >= 11 is 0. The first-order valence-corrected chi connectivity index (χ1v) is 9.94. The van der Waals surface area contributed by atoms with Crippen molar-refractivity contribution in [3.8, 4) is 5.75 Å². The Morgan fingerprint density at radius 3 is 2.65 bits per heavy atom. The van der Waals surface area contributed by atoms with Gasteiger partial charge in [-0.2, -0.15) is 0 Å². The number of ether oxygens (including phenoxy) is 1. The maximum absolute atomic E-state index is 10.4. The fraction of sp³-hybridized carbons (Fsp3) is 0.478. The molecule has 2 unspecified atom stereocenters. The van der Waals surface area contributed by atoms with Gasteiger partial charge in [-0.05, 0) is 54.9 Å². The van der Waals surface area contributed by atoms with E-state index in [9.17, 15) is 5.11 Å². The topological polar surface area (TPSA) is 32.7 Å². The van der Waals surface area contributed by atoms with Crippen LogP contribution in [0.15, 0.2) is 48.5 Å². The molecule has 140 valence electrons. The predicted molar refractivity (Wildman–Crippen MR) is 106 cm³/mol. The summed E-state index contributed by atoms with van der Waals surface area (Å²) in [6.45, 7) is 5.80. The molecule has 26 heavy (non-hydrogen) atoms. The molecule has 0 heterocycles. The first-order valence-electron chi connectivity index (χ1n) is 9.94. The molecule has 2 aromatic carbocycles. The molecule has 0 fully saturated rings. The van der Waals surface area contributed by atoms with Gasteiger partial charge < -0.3 is 9.84 Å². The van der Waals surface area contributed by atoms with E-state index in [0.717, 1.165) is 44.4 Å². The van der Waals surface area contributed by atoms with Gasteiger partial charge in [-0.1, -0.05) is 56.3 Å². The molecule has 0 saturated heterocycles. The normalized spacial score (nSPS) is 17.8. The van der Waals surface area contributed by atoms with Crippen molar-refractivity contribution in [2.24, 2.45) is 0 Å². The lowest BCUT2D eigenvalue weighted by molar-refractivity contribution is -0.0308. The Hall–Kier alpha value is -1.84. The molecule has 0 radical (unpaired) electrons. The largest absolute Gasteiger partial charge is 0.489 e. The SMILES string of the molecule is CCCN(C(O)CC)C1CCc2c(cccc2OCc2ccccc2)C1. The Kier molecular flexibility index (Phi) is 6.70. The highest BCUT2D eigenvalue weighted by Gasteiger charge is 2.28. The lowest BCUT2D eigenvalue weighted by Gasteiger charge is -2.38. The highest BCUT2D eigenvalue weighted by Crippen LogP contribution is 2.32. The Morgan fingerprint density at radius 2 is 1.92 bits per heavy atom. The summed E-state index contributed by atoms with van der Waals surface area (Å²) in [5.74, 6) is 1.02. The molecule has 0 saturated carbocycles. The summed E-state index contributed by atoms with van der Waals surface area (Å²) in [7, 11) is 0. The molecule has 0 aromatic heterocycles. The molecule has 1 aliphatic rings. The zero-order chi connectivity index (χ0) is 18.4. The van der Waals surface area contributed by atoms with Crippen LogP contribution in [0.2, 0.25) is 0 Å². The quantitative estimate of drug-likeness (QED) is 0.706. The van der Waals surface area contributed by atoms with Gasteiger partial charge in [0.15, 0.2) is 0 Å². The molecule has 0 amide bonds. The van der Waals surface area contributed by atoms with E-state index in [2.05, 4.69) is 49.1 Å². The zero-order valence-electron chi connectivity index (χ0n) is 16.0. The Bertz CT molecular complexity index is 686. The second-order valence-electron chi connectivity index (χ2n) is 7.19. The van der Waals surface area contributed by atoms with E-state index in [1.54, 1.807) is 0 Å². The first-order chi connectivity index (χ1) is 12.7. The van der Waals surface area contributed by atoms with Crippen LogP contribution in [0.5, 0.6) is 5.75 Å². The minimum Gasteiger partial charge on any atom is -0.489 e. The highest BCUT2D eigenvalue weighted by molar-refractivity contribution is 5.42. The van der Waals surface area contributed by atoms with Crippen LogP contribution >= 0.6 is 0 Å². The van der Waals surface area contributed by atoms with Crippen LogP contribution in [0.4, 0.5) is 0 Å². The molecule has 2 aromatic rings. The third kappa shape index (κ3) is 4.46. The van der Waals surface area contributed by atoms with Crippen LogP contribution in [0.1, 0.15) is 49.8 Å². The number of aliphatic hydroxyl groups is 1. The van der Waals surface area contributed by atoms with E-state index in [4.69, 9.17) is 4.74 Å². The van der Waals surface area contributed by atoms with Crippen molar-refractivity contribution >= 4 is 0 Å². The lowest BCUT2D eigenvalue weighted by atomic mass is 9.86. The van der Waals surface area contributed by atoms with Crippen molar-refractivity contribution in [2.45, 2.75) is 64.8 Å². The summed E-state index contributed by atoms with van der Waals surface area (Å²) < 4.78 is 6.14. The number of nitrogens with zero attached hydrogens (tertiary/aromatic N) is 1. The minimum absolute atomic E-state index is 0.334. The molecule has 3 nitrogen and oxygen atoms in total. The summed E-state index contributed by atoms with van der Waals surface area (Å²) in [4.78, 5) is 2.29. The monoisotopic (exact) mass is 353 g/mol. The standard InChI is InChI=1S/C23H31NO2/c1-3-15-24(23(25)4-2)20-13-14-21-19(16-20)11-8-12-22(21)26-17-18-9-6-5-7-10-18/h5-12,20,23,25H,3-4,13-17H2,1-2H3. The maximum atomic E-state index is 10.4. The smallest absolute Gasteiger partial charge is 0.123 e. The molecule has 3 rings (SSSR count). The van der Waals surface area contributed by atoms with E-state index in [1.807, 2.05) is 18.2 Å². The molecule has 2 atom stereocenters. The second kappa shape index (κ2) is 9.20. The highest BCUT2D eigenvalue weighted by atomic mass is 16.5. The van der Waals surface area contributed by atoms with Gasteiger partial charge in [-0.15, -0.1) is 0 Å². The number of rotatable bonds is 8. The van der Waals surface area contributed by atoms with Crippen molar-refractivity contribution in [1.82, 2.24) is 4.90 Å². The maximum Gasteiger partial charge on any atom is 0.123 e. The molecule has 0 aliphatic heterocycles. The number of aliphatic hydroxyl groups excluding tert-OH is 1. The number of hydrogen-bond donors (Lipinski definition) is 1. The van der Waals surface area contributed by atoms with Crippen molar-refractivity contribution < 1.29 is 9.84 Å². The van der Waals surface area contributed by atoms with Gasteiger partial charge in [-0.3, -0.25) is 4.90 Å². The minimum atomic E-state index is -0.334. The van der Waals surface area contributed by atoms with Gasteiger partial charge in [0, 0.05) is 12.6 Å². The van der Waals surface area contributed by atoms with Crippen molar-refractivity contribution in [3.05, 3.63) is 65.2 Å². The van der Waals surface area contributed by atoms with Crippen LogP contribution in [-0.2, 0) is 19.4 Å². The molecule has 3 heteroatoms. The van der Waals surface area contributed by atoms with Gasteiger partial charge in [0.2, 0.25) is 0 Å². The number of fused-ring (bicyclic) bond motifs is 1. The summed E-state index contributed by atoms with van der Waals surface area (Å²) in [6, 6.07) is 17.1. The van der Waals surface area contributed by atoms with E-state index in [0.29, 0.717) is 12.6 Å². The van der Waals surface area contributed by atoms with Gasteiger partial charge in [0.25, 0.3) is 0 Å². The molecule has 1 N–H and O–H groups in total. The van der Waals surface area contributed by atoms with Crippen LogP contribution in [0.25, 0.3) is 0 Å². The van der Waals surface area contributed by atoms with E-state index in [-0.39, 0.29) is 6.23 Å². The van der Waals surface area contributed by atoms with E-state index < -0.39 is 0 Å². The van der Waals surface area contributed by atoms with Crippen LogP contribution in [-0.4, -0.2) is 28.8 Å². The van der Waals surface area contributed by atoms with Gasteiger partial charge in [0.05, 0.1) is 0 Å². The Labute approximate surface area is 157 Å². The number of hydrogen-bond acceptors (Lipinski definition) is 3. The molecular formula is C23H31NO2. The van der Waals surface area contributed by atoms with E-state index in [1.165, 1.54) is 16.7 Å². The van der Waals surface area contributed by atoms with Crippen LogP contribution in [0.3, 0.4) is 0 Å². The molecule has 0 spiro atoms. The van der Waals surface area contributed by atoms with Crippen molar-refractivity contribution in [2.75, 3.05) is 6.54 Å². The van der Waals surface area contributed by atoms with Crippen molar-refractivity contribution in [3.63, 3.8) is 0 Å². The van der Waals surface area contributed by atoms with E-state index >= 15 is 0 Å². The van der Waals surface area contributed by atoms with Crippen LogP contribution in [0, 0.1) is 0 Å². The fourth-order valence-electron chi connectivity index (χ4n) is 3.97. The molecule has 0 bridgehead atoms. The Balaban J connectivity index is 1.71. The average molecular weight is 354 g/mol. The second-order valence-corrected chi connectivity index (χ2v) is 7.19. The first kappa shape index (κ1) is 18.9. The zero-order valence-corrected chi connectivity index (χ0v) is 16.0. The fourth-order valence-corrected chi connectivity index (χ4v) is 3.97. The summed E-state index contributed by atoms with van der Waals surface area (Å²) in [6.07, 6.45) is 4.61. The average Bonchev–Trinajstić information content (AvgIpc) is 2.70. The molecular weight excluding hydrogens is 322 g/mol. The molecule has 1 aliphatic carbocycles. The lowest BCUT2D eigenvalue weighted by Crippen LogP contribution is -2.46. The summed E-state index contributed by atoms with van der Waals surface area (Å²) in [5.41, 5.74) is 3.91. The predicted octanol–water partition coefficient (Wildman–Crippen LogP) is 4.56. The summed E-state index contributed by atoms with van der Waals surface area (Å²) in [5, 5.41) is 10.4. The Morgan fingerprint density at radius 1 is 1.12 bits per heavy atom. The third-order valence-corrected chi connectivity index (χ3v) is 5.35. The number of benzene rings is 2. The van der Waals surface area contributed by atoms with Gasteiger partial charge >= 0.3 is 0 Å². The van der Waals surface area contributed by atoms with Gasteiger partial charge in [-0.25, -0.2) is 0 Å². The third-order valence-electron chi connectivity index (χ3n) is 5.35. The van der Waals surface area contributed by atoms with Crippen LogP contribution < -0.4 is 4.74 Å². The van der Waals surface area contributed by atoms with Crippen molar-refractivity contribution in [1.29, 1.82) is 0 Å². The van der Waals surface area contributed by atoms with Gasteiger partial charge in [0.1, 0.15) is 18.6 Å².